The highest BCUT2D eigenvalue weighted by Gasteiger charge is 2.39. The van der Waals surface area contributed by atoms with Crippen molar-refractivity contribution in [2.24, 2.45) is 0 Å². The number of aryl methyl sites for hydroxylation is 1. The second kappa shape index (κ2) is 9.40. The first-order valence-electron chi connectivity index (χ1n) is 8.84. The van der Waals surface area contributed by atoms with Gasteiger partial charge in [0.2, 0.25) is 0 Å². The molecule has 0 aromatic heterocycles. The molecule has 0 atom stereocenters. The van der Waals surface area contributed by atoms with Crippen molar-refractivity contribution < 1.29 is 44.6 Å². The van der Waals surface area contributed by atoms with Gasteiger partial charge in [-0.2, -0.15) is 0 Å². The lowest BCUT2D eigenvalue weighted by Gasteiger charge is -2.15. The predicted molar refractivity (Wildman–Crippen MR) is 104 cm³/mol. The molecule has 0 spiro atoms. The molecule has 30 heavy (non-hydrogen) atoms. The molecule has 158 valence electrons. The fourth-order valence-corrected chi connectivity index (χ4v) is 3.50. The van der Waals surface area contributed by atoms with Gasteiger partial charge in [0, 0.05) is 0 Å². The van der Waals surface area contributed by atoms with Gasteiger partial charge in [0.25, 0.3) is 5.84 Å². The van der Waals surface area contributed by atoms with Gasteiger partial charge in [0.15, 0.2) is 34.6 Å². The molecule has 8 heteroatoms. The summed E-state index contributed by atoms with van der Waals surface area (Å²) in [6, 6.07) is 14.4. The molecule has 0 unspecified atom stereocenters. The van der Waals surface area contributed by atoms with Gasteiger partial charge in [-0.05, 0) is 43.3 Å². The van der Waals surface area contributed by atoms with Crippen LogP contribution in [0.3, 0.4) is 0 Å². The summed E-state index contributed by atoms with van der Waals surface area (Å²) in [7, 11) is 0. The van der Waals surface area contributed by atoms with E-state index in [0.717, 1.165) is 29.8 Å². The number of halogens is 5. The van der Waals surface area contributed by atoms with Gasteiger partial charge in [-0.1, -0.05) is 29.8 Å². The average molecular weight is 483 g/mol. The van der Waals surface area contributed by atoms with E-state index in [1.807, 2.05) is 19.1 Å². The maximum Gasteiger partial charge on any atom is 0.290 e. The van der Waals surface area contributed by atoms with E-state index in [1.54, 1.807) is 12.1 Å². The lowest BCUT2D eigenvalue weighted by molar-refractivity contribution is -0.433. The van der Waals surface area contributed by atoms with E-state index < -0.39 is 23.3 Å². The summed E-state index contributed by atoms with van der Waals surface area (Å²) in [4.78, 5) is 1.43. The third kappa shape index (κ3) is 4.11. The zero-order valence-corrected chi connectivity index (χ0v) is 17.6. The van der Waals surface area contributed by atoms with Crippen LogP contribution in [-0.2, 0) is 0 Å². The highest BCUT2D eigenvalue weighted by molar-refractivity contribution is 6.08. The van der Waals surface area contributed by atoms with Crippen molar-refractivity contribution in [3.63, 3.8) is 0 Å². The largest absolute Gasteiger partial charge is 1.00 e. The Hall–Kier alpha value is -2.71. The van der Waals surface area contributed by atoms with Gasteiger partial charge in [-0.15, -0.1) is 0 Å². The molecule has 1 aliphatic rings. The molecule has 0 bridgehead atoms. The minimum Gasteiger partial charge on any atom is -1.00 e. The fraction of sp³-hybridized carbons (Fsp3) is 0.136. The molecule has 3 aromatic rings. The van der Waals surface area contributed by atoms with Crippen LogP contribution >= 0.6 is 0 Å². The summed E-state index contributed by atoms with van der Waals surface area (Å²) < 4.78 is 59.4. The molecule has 0 fully saturated rings. The first-order valence-corrected chi connectivity index (χ1v) is 8.84. The molecule has 3 nitrogen and oxygen atoms in total. The second-order valence-electron chi connectivity index (χ2n) is 6.63. The maximum atomic E-state index is 14.5. The van der Waals surface area contributed by atoms with Crippen LogP contribution in [0.4, 0.5) is 28.9 Å². The van der Waals surface area contributed by atoms with Crippen LogP contribution in [0.25, 0.3) is 0 Å². The van der Waals surface area contributed by atoms with Crippen LogP contribution in [0.5, 0.6) is 0 Å². The summed E-state index contributed by atoms with van der Waals surface area (Å²) in [5.41, 5.74) is 1.12. The smallest absolute Gasteiger partial charge is 0.290 e. The van der Waals surface area contributed by atoms with Gasteiger partial charge in [0.1, 0.15) is 13.1 Å². The van der Waals surface area contributed by atoms with E-state index in [0.29, 0.717) is 11.4 Å². The predicted octanol–water partition coefficient (Wildman–Crippen LogP) is 1.34. The fourth-order valence-electron chi connectivity index (χ4n) is 3.50. The Balaban J connectivity index is 0.00000160. The van der Waals surface area contributed by atoms with E-state index in [4.69, 9.17) is 0 Å². The van der Waals surface area contributed by atoms with Crippen molar-refractivity contribution >= 4 is 17.2 Å². The van der Waals surface area contributed by atoms with Gasteiger partial charge in [-0.25, -0.2) is 27.0 Å². The monoisotopic (exact) mass is 482 g/mol. The number of para-hydroxylation sites is 2. The summed E-state index contributed by atoms with van der Waals surface area (Å²) in [5, 5.41) is 0. The van der Waals surface area contributed by atoms with Crippen LogP contribution in [0.1, 0.15) is 11.1 Å². The minimum atomic E-state index is -0.736. The van der Waals surface area contributed by atoms with Gasteiger partial charge < -0.3 is 22.5 Å². The minimum absolute atomic E-state index is 0. The number of nitrogens with zero attached hydrogens (tertiary/aromatic N) is 2. The summed E-state index contributed by atoms with van der Waals surface area (Å²) in [6.45, 7) is 2.26. The van der Waals surface area contributed by atoms with Crippen LogP contribution in [0.2, 0.25) is 0 Å². The number of rotatable bonds is 3. The lowest BCUT2D eigenvalue weighted by atomic mass is 10.1. The van der Waals surface area contributed by atoms with E-state index >= 15 is 0 Å². The Kier molecular flexibility index (Phi) is 7.39. The second-order valence-corrected chi connectivity index (χ2v) is 6.63. The summed E-state index contributed by atoms with van der Waals surface area (Å²) >= 11 is 0. The van der Waals surface area contributed by atoms with Crippen molar-refractivity contribution in [1.82, 2.24) is 0 Å². The Morgan fingerprint density at radius 1 is 0.767 bits per heavy atom. The van der Waals surface area contributed by atoms with Gasteiger partial charge in [-0.3, -0.25) is 0 Å². The Morgan fingerprint density at radius 3 is 1.80 bits per heavy atom. The van der Waals surface area contributed by atoms with Gasteiger partial charge in [0.05, 0.1) is 5.56 Å². The standard InChI is InChI=1S/C22H17F4N2.BrH.H2O/c1-14-8-10-15(11-9-14)22-27(20-16(23)4-2-5-17(20)24)12-13-28(22)21-18(25)6-3-7-19(21)26;;/h2-11H,12-13H2,1H3;1H;1H2/q+1;;/p-1. The first kappa shape index (κ1) is 23.6. The van der Waals surface area contributed by atoms with Crippen molar-refractivity contribution in [1.29, 1.82) is 0 Å². The third-order valence-corrected chi connectivity index (χ3v) is 4.78. The zero-order chi connectivity index (χ0) is 19.8. The van der Waals surface area contributed by atoms with Gasteiger partial charge >= 0.3 is 0 Å². The molecule has 1 aliphatic heterocycles. The number of hydrogen-bond donors (Lipinski definition) is 0. The molecule has 0 saturated heterocycles. The molecule has 0 amide bonds. The highest BCUT2D eigenvalue weighted by atomic mass is 79.9. The van der Waals surface area contributed by atoms with Crippen molar-refractivity contribution in [3.05, 3.63) is 95.1 Å². The third-order valence-electron chi connectivity index (χ3n) is 4.78. The lowest BCUT2D eigenvalue weighted by Crippen LogP contribution is -3.00. The number of anilines is 1. The summed E-state index contributed by atoms with van der Waals surface area (Å²) in [6.07, 6.45) is 0. The molecule has 0 saturated carbocycles. The van der Waals surface area contributed by atoms with Crippen molar-refractivity contribution in [2.45, 2.75) is 6.92 Å². The Morgan fingerprint density at radius 2 is 1.27 bits per heavy atom. The maximum absolute atomic E-state index is 14.5. The van der Waals surface area contributed by atoms with E-state index in [2.05, 4.69) is 0 Å². The molecule has 1 heterocycles. The quantitative estimate of drug-likeness (QED) is 0.410. The van der Waals surface area contributed by atoms with Crippen molar-refractivity contribution in [3.8, 4) is 0 Å². The number of amidine groups is 1. The van der Waals surface area contributed by atoms with E-state index in [-0.39, 0.29) is 46.9 Å². The zero-order valence-electron chi connectivity index (χ0n) is 16.0. The van der Waals surface area contributed by atoms with E-state index in [1.165, 1.54) is 21.6 Å². The topological polar surface area (TPSA) is 37.8 Å². The molecule has 4 rings (SSSR count). The molecule has 3 aromatic carbocycles. The van der Waals surface area contributed by atoms with Crippen LogP contribution in [0, 0.1) is 30.2 Å². The summed E-state index contributed by atoms with van der Waals surface area (Å²) in [5.74, 6) is -2.62. The Labute approximate surface area is 182 Å². The number of hydrogen-bond acceptors (Lipinski definition) is 1. The van der Waals surface area contributed by atoms with Crippen molar-refractivity contribution in [2.75, 3.05) is 18.0 Å². The normalized spacial score (nSPS) is 13.2. The SMILES string of the molecule is Cc1ccc(C2=[N+](c3c(F)cccc3F)CCN2c2c(F)cccc2F)cc1.O.[Br-]. The molecular weight excluding hydrogens is 464 g/mol. The van der Waals surface area contributed by atoms with Crippen LogP contribution in [0.15, 0.2) is 60.7 Å². The molecular formula is C22H19BrF4N2O. The molecule has 0 aliphatic carbocycles. The highest BCUT2D eigenvalue weighted by Crippen LogP contribution is 2.31. The molecule has 2 N–H and O–H groups in total. The Bertz CT molecular complexity index is 1050. The van der Waals surface area contributed by atoms with Crippen LogP contribution in [-0.4, -0.2) is 29.0 Å². The van der Waals surface area contributed by atoms with E-state index in [9.17, 15) is 17.6 Å². The van der Waals surface area contributed by atoms with Crippen LogP contribution < -0.4 is 21.9 Å². The molecule has 0 radical (unpaired) electrons. The number of benzene rings is 3. The average Bonchev–Trinajstić information content (AvgIpc) is 3.06. The first-order chi connectivity index (χ1) is 13.5.